The van der Waals surface area contributed by atoms with E-state index in [9.17, 15) is 4.79 Å². The van der Waals surface area contributed by atoms with E-state index >= 15 is 0 Å². The van der Waals surface area contributed by atoms with Crippen molar-refractivity contribution >= 4 is 28.7 Å². The van der Waals surface area contributed by atoms with E-state index < -0.39 is 0 Å². The number of nitrogens with zero attached hydrogens (tertiary/aromatic N) is 4. The number of hydrogen-bond donors (Lipinski definition) is 2. The minimum atomic E-state index is -0.239. The lowest BCUT2D eigenvalue weighted by Crippen LogP contribution is -2.18. The van der Waals surface area contributed by atoms with Crippen molar-refractivity contribution in [1.82, 2.24) is 15.0 Å². The predicted octanol–water partition coefficient (Wildman–Crippen LogP) is 2.86. The van der Waals surface area contributed by atoms with E-state index in [-0.39, 0.29) is 5.91 Å². The van der Waals surface area contributed by atoms with Crippen LogP contribution in [0.4, 0.5) is 22.7 Å². The highest BCUT2D eigenvalue weighted by Crippen LogP contribution is 2.25. The van der Waals surface area contributed by atoms with Crippen LogP contribution in [0.2, 0.25) is 0 Å². The lowest BCUT2D eigenvalue weighted by atomic mass is 10.2. The van der Waals surface area contributed by atoms with Crippen LogP contribution in [0.5, 0.6) is 0 Å². The van der Waals surface area contributed by atoms with Gasteiger partial charge in [-0.05, 0) is 31.2 Å². The summed E-state index contributed by atoms with van der Waals surface area (Å²) in [4.78, 5) is 26.7. The van der Waals surface area contributed by atoms with Crippen molar-refractivity contribution in [2.75, 3.05) is 22.5 Å². The summed E-state index contributed by atoms with van der Waals surface area (Å²) in [5, 5.41) is 2.84. The summed E-state index contributed by atoms with van der Waals surface area (Å²) in [5.74, 6) is -0.239. The van der Waals surface area contributed by atoms with Gasteiger partial charge in [-0.15, -0.1) is 0 Å². The third-order valence-electron chi connectivity index (χ3n) is 3.62. The Labute approximate surface area is 145 Å². The van der Waals surface area contributed by atoms with Crippen molar-refractivity contribution in [3.63, 3.8) is 0 Å². The summed E-state index contributed by atoms with van der Waals surface area (Å²) in [6.07, 6.45) is 8.27. The van der Waals surface area contributed by atoms with Crippen molar-refractivity contribution in [2.45, 2.75) is 6.92 Å². The lowest BCUT2D eigenvalue weighted by Gasteiger charge is -2.22. The highest BCUT2D eigenvalue weighted by atomic mass is 16.1. The maximum Gasteiger partial charge on any atom is 0.255 e. The second kappa shape index (κ2) is 7.39. The van der Waals surface area contributed by atoms with Crippen LogP contribution in [0.15, 0.2) is 61.4 Å². The molecule has 7 heteroatoms. The fraction of sp³-hybridized carbons (Fsp3) is 0.111. The molecule has 7 nitrogen and oxygen atoms in total. The first kappa shape index (κ1) is 16.4. The molecule has 1 amide bonds. The van der Waals surface area contributed by atoms with Crippen LogP contribution in [0, 0.1) is 0 Å². The molecular formula is C18H18N6O. The van der Waals surface area contributed by atoms with Crippen LogP contribution in [-0.2, 0) is 0 Å². The molecule has 0 spiro atoms. The van der Waals surface area contributed by atoms with Gasteiger partial charge in [-0.3, -0.25) is 9.78 Å². The van der Waals surface area contributed by atoms with Gasteiger partial charge < -0.3 is 16.0 Å². The number of carbonyl (C=O) groups is 1. The number of nitrogens with two attached hydrogens (primary N) is 1. The van der Waals surface area contributed by atoms with Gasteiger partial charge in [0, 0.05) is 17.8 Å². The molecular weight excluding hydrogens is 316 g/mol. The highest BCUT2D eigenvalue weighted by molar-refractivity contribution is 6.04. The first-order valence-electron chi connectivity index (χ1n) is 7.82. The third kappa shape index (κ3) is 3.89. The van der Waals surface area contributed by atoms with E-state index in [1.807, 2.05) is 17.9 Å². The zero-order valence-electron chi connectivity index (χ0n) is 13.8. The Morgan fingerprint density at radius 3 is 2.56 bits per heavy atom. The maximum atomic E-state index is 12.4. The van der Waals surface area contributed by atoms with E-state index in [2.05, 4.69) is 20.3 Å². The average Bonchev–Trinajstić information content (AvgIpc) is 2.64. The number of nitrogens with one attached hydrogen (secondary N) is 1. The normalized spacial score (nSPS) is 10.3. The third-order valence-corrected chi connectivity index (χ3v) is 3.62. The SMILES string of the molecule is CCN(c1cncnc1)c1cncc(NC(=O)c2cccc(N)c2)c1. The summed E-state index contributed by atoms with van der Waals surface area (Å²) in [6, 6.07) is 8.68. The Morgan fingerprint density at radius 2 is 1.84 bits per heavy atom. The molecule has 3 rings (SSSR count). The van der Waals surface area contributed by atoms with Crippen LogP contribution in [-0.4, -0.2) is 27.4 Å². The van der Waals surface area contributed by atoms with Gasteiger partial charge in [0.2, 0.25) is 0 Å². The zero-order chi connectivity index (χ0) is 17.6. The number of nitrogen functional groups attached to an aromatic ring is 1. The number of carbonyl (C=O) groups excluding carboxylic acids is 1. The smallest absolute Gasteiger partial charge is 0.255 e. The van der Waals surface area contributed by atoms with Gasteiger partial charge in [-0.1, -0.05) is 6.07 Å². The molecule has 0 saturated carbocycles. The highest BCUT2D eigenvalue weighted by Gasteiger charge is 2.11. The fourth-order valence-electron chi connectivity index (χ4n) is 2.47. The first-order chi connectivity index (χ1) is 12.2. The van der Waals surface area contributed by atoms with Crippen molar-refractivity contribution in [2.24, 2.45) is 0 Å². The van der Waals surface area contributed by atoms with Crippen molar-refractivity contribution in [1.29, 1.82) is 0 Å². The molecule has 1 aromatic carbocycles. The van der Waals surface area contributed by atoms with E-state index in [0.717, 1.165) is 11.4 Å². The predicted molar refractivity (Wildman–Crippen MR) is 97.8 cm³/mol. The number of rotatable bonds is 5. The summed E-state index contributed by atoms with van der Waals surface area (Å²) in [5.41, 5.74) is 9.05. The molecule has 0 fully saturated rings. The Hall–Kier alpha value is -3.48. The summed E-state index contributed by atoms with van der Waals surface area (Å²) in [6.45, 7) is 2.73. The Kier molecular flexibility index (Phi) is 4.84. The Balaban J connectivity index is 1.82. The van der Waals surface area contributed by atoms with Crippen molar-refractivity contribution < 1.29 is 4.79 Å². The standard InChI is InChI=1S/C18H18N6O/c1-2-24(17-10-21-12-22-11-17)16-7-15(8-20-9-16)23-18(25)13-4-3-5-14(19)6-13/h3-12H,2,19H2,1H3,(H,23,25). The summed E-state index contributed by atoms with van der Waals surface area (Å²) < 4.78 is 0. The van der Waals surface area contributed by atoms with E-state index in [1.54, 1.807) is 49.1 Å². The Morgan fingerprint density at radius 1 is 1.08 bits per heavy atom. The quantitative estimate of drug-likeness (QED) is 0.696. The molecule has 0 bridgehead atoms. The van der Waals surface area contributed by atoms with Gasteiger partial charge in [-0.25, -0.2) is 9.97 Å². The number of amides is 1. The van der Waals surface area contributed by atoms with Crippen LogP contribution in [0.25, 0.3) is 0 Å². The summed E-state index contributed by atoms with van der Waals surface area (Å²) >= 11 is 0. The van der Waals surface area contributed by atoms with Crippen LogP contribution in [0.3, 0.4) is 0 Å². The molecule has 0 aliphatic carbocycles. The van der Waals surface area contributed by atoms with E-state index in [0.29, 0.717) is 23.5 Å². The molecule has 3 N–H and O–H groups in total. The largest absolute Gasteiger partial charge is 0.399 e. The molecule has 0 saturated heterocycles. The molecule has 0 aliphatic rings. The number of pyridine rings is 1. The first-order valence-corrected chi connectivity index (χ1v) is 7.82. The molecule has 126 valence electrons. The minimum absolute atomic E-state index is 0.239. The molecule has 0 aliphatic heterocycles. The molecule has 0 radical (unpaired) electrons. The van der Waals surface area contributed by atoms with Crippen LogP contribution >= 0.6 is 0 Å². The number of anilines is 4. The van der Waals surface area contributed by atoms with E-state index in [4.69, 9.17) is 5.73 Å². The number of hydrogen-bond acceptors (Lipinski definition) is 6. The second-order valence-electron chi connectivity index (χ2n) is 5.35. The molecule has 0 unspecified atom stereocenters. The van der Waals surface area contributed by atoms with Crippen LogP contribution in [0.1, 0.15) is 17.3 Å². The van der Waals surface area contributed by atoms with Gasteiger partial charge in [0.1, 0.15) is 6.33 Å². The number of benzene rings is 1. The fourth-order valence-corrected chi connectivity index (χ4v) is 2.47. The molecule has 2 aromatic heterocycles. The minimum Gasteiger partial charge on any atom is -0.399 e. The van der Waals surface area contributed by atoms with E-state index in [1.165, 1.54) is 6.33 Å². The molecule has 2 heterocycles. The van der Waals surface area contributed by atoms with Gasteiger partial charge in [-0.2, -0.15) is 0 Å². The zero-order valence-corrected chi connectivity index (χ0v) is 13.8. The second-order valence-corrected chi connectivity index (χ2v) is 5.35. The van der Waals surface area contributed by atoms with Crippen molar-refractivity contribution in [3.05, 3.63) is 67.0 Å². The Bertz CT molecular complexity index is 868. The van der Waals surface area contributed by atoms with Gasteiger partial charge in [0.25, 0.3) is 5.91 Å². The number of aromatic nitrogens is 3. The lowest BCUT2D eigenvalue weighted by molar-refractivity contribution is 0.102. The van der Waals surface area contributed by atoms with Gasteiger partial charge >= 0.3 is 0 Å². The average molecular weight is 334 g/mol. The van der Waals surface area contributed by atoms with Gasteiger partial charge in [0.05, 0.1) is 41.8 Å². The molecule has 25 heavy (non-hydrogen) atoms. The topological polar surface area (TPSA) is 97.0 Å². The monoisotopic (exact) mass is 334 g/mol. The maximum absolute atomic E-state index is 12.4. The van der Waals surface area contributed by atoms with Crippen molar-refractivity contribution in [3.8, 4) is 0 Å². The van der Waals surface area contributed by atoms with Gasteiger partial charge in [0.15, 0.2) is 0 Å². The van der Waals surface area contributed by atoms with Crippen LogP contribution < -0.4 is 16.0 Å². The molecule has 0 atom stereocenters. The summed E-state index contributed by atoms with van der Waals surface area (Å²) in [7, 11) is 0. The molecule has 3 aromatic rings.